The Morgan fingerprint density at radius 1 is 1.41 bits per heavy atom. The van der Waals surface area contributed by atoms with Crippen LogP contribution in [-0.2, 0) is 6.42 Å². The lowest BCUT2D eigenvalue weighted by atomic mass is 10.3. The van der Waals surface area contributed by atoms with Crippen molar-refractivity contribution >= 4 is 28.6 Å². The number of anilines is 1. The highest BCUT2D eigenvalue weighted by atomic mass is 32.1. The van der Waals surface area contributed by atoms with Crippen LogP contribution in [0.1, 0.15) is 29.8 Å². The van der Waals surface area contributed by atoms with Gasteiger partial charge in [-0.3, -0.25) is 0 Å². The Balaban J connectivity index is 1.86. The van der Waals surface area contributed by atoms with Crippen LogP contribution in [0.2, 0.25) is 0 Å². The third-order valence-corrected chi connectivity index (χ3v) is 4.51. The van der Waals surface area contributed by atoms with E-state index in [-0.39, 0.29) is 11.9 Å². The van der Waals surface area contributed by atoms with E-state index in [1.807, 2.05) is 13.1 Å². The molecule has 0 aromatic carbocycles. The van der Waals surface area contributed by atoms with Crippen molar-refractivity contribution in [3.8, 4) is 0 Å². The Morgan fingerprint density at radius 2 is 2.23 bits per heavy atom. The molecular weight excluding hydrogens is 304 g/mol. The largest absolute Gasteiger partial charge is 0.368 e. The molecule has 0 radical (unpaired) electrons. The van der Waals surface area contributed by atoms with Gasteiger partial charge in [0.25, 0.3) is 0 Å². The van der Waals surface area contributed by atoms with Crippen LogP contribution < -0.4 is 5.32 Å². The number of nitrogens with one attached hydrogen (secondary N) is 1. The first kappa shape index (κ1) is 14.4. The normalized spacial score (nSPS) is 12.5. The zero-order valence-corrected chi connectivity index (χ0v) is 12.9. The van der Waals surface area contributed by atoms with Gasteiger partial charge in [-0.2, -0.15) is 0 Å². The lowest BCUT2D eigenvalue weighted by Gasteiger charge is -2.10. The highest BCUT2D eigenvalue weighted by Gasteiger charge is 2.17. The van der Waals surface area contributed by atoms with Gasteiger partial charge in [-0.15, -0.1) is 11.3 Å². The van der Waals surface area contributed by atoms with E-state index in [0.29, 0.717) is 11.5 Å². The van der Waals surface area contributed by atoms with Gasteiger partial charge in [-0.25, -0.2) is 9.97 Å². The van der Waals surface area contributed by atoms with E-state index in [4.69, 9.17) is 0 Å². The van der Waals surface area contributed by atoms with Crippen LogP contribution in [0.15, 0.2) is 24.5 Å². The summed E-state index contributed by atoms with van der Waals surface area (Å²) in [5, 5.41) is 19.3. The number of hydrogen-bond acceptors (Lipinski definition) is 7. The average molecular weight is 318 g/mol. The molecule has 9 heteroatoms. The summed E-state index contributed by atoms with van der Waals surface area (Å²) in [7, 11) is 0. The first-order valence-electron chi connectivity index (χ1n) is 6.78. The molecule has 3 heterocycles. The van der Waals surface area contributed by atoms with Crippen molar-refractivity contribution in [2.75, 3.05) is 5.32 Å². The molecule has 1 N–H and O–H groups in total. The standard InChI is InChI=1S/C13H14N6O2S/c1-3-9-6-15-13(22-9)8(2)16-10-4-5-11-14-7-12(19(20)21)18(11)17-10/h4-8H,3H2,1-2H3,(H,16,17). The van der Waals surface area contributed by atoms with Gasteiger partial charge in [0.15, 0.2) is 5.82 Å². The Labute approximate surface area is 130 Å². The SMILES string of the molecule is CCc1cnc(C(C)Nc2ccc3ncc([N+](=O)[O-])n3n2)s1. The summed E-state index contributed by atoms with van der Waals surface area (Å²) < 4.78 is 1.22. The second-order valence-corrected chi connectivity index (χ2v) is 5.89. The second-order valence-electron chi connectivity index (χ2n) is 4.75. The van der Waals surface area contributed by atoms with Crippen molar-refractivity contribution in [1.29, 1.82) is 0 Å². The van der Waals surface area contributed by atoms with Crippen molar-refractivity contribution < 1.29 is 4.92 Å². The lowest BCUT2D eigenvalue weighted by Crippen LogP contribution is -2.09. The highest BCUT2D eigenvalue weighted by molar-refractivity contribution is 7.11. The van der Waals surface area contributed by atoms with Crippen LogP contribution in [0.5, 0.6) is 0 Å². The third kappa shape index (κ3) is 2.62. The van der Waals surface area contributed by atoms with Gasteiger partial charge < -0.3 is 15.4 Å². The molecule has 3 aromatic rings. The van der Waals surface area contributed by atoms with E-state index in [1.165, 1.54) is 15.6 Å². The molecular formula is C13H14N6O2S. The minimum Gasteiger partial charge on any atom is -0.358 e. The summed E-state index contributed by atoms with van der Waals surface area (Å²) in [6, 6.07) is 3.41. The monoisotopic (exact) mass is 318 g/mol. The molecule has 8 nitrogen and oxygen atoms in total. The minimum atomic E-state index is -0.505. The van der Waals surface area contributed by atoms with Crippen molar-refractivity contribution in [1.82, 2.24) is 19.6 Å². The van der Waals surface area contributed by atoms with E-state index >= 15 is 0 Å². The Hall–Kier alpha value is -2.55. The predicted molar refractivity (Wildman–Crippen MR) is 83.2 cm³/mol. The van der Waals surface area contributed by atoms with Crippen molar-refractivity contribution in [3.63, 3.8) is 0 Å². The maximum atomic E-state index is 10.9. The molecule has 0 spiro atoms. The summed E-state index contributed by atoms with van der Waals surface area (Å²) >= 11 is 1.64. The molecule has 0 bridgehead atoms. The van der Waals surface area contributed by atoms with Crippen LogP contribution >= 0.6 is 11.3 Å². The van der Waals surface area contributed by atoms with Crippen LogP contribution in [0.25, 0.3) is 5.65 Å². The number of nitro groups is 1. The third-order valence-electron chi connectivity index (χ3n) is 3.19. The first-order valence-corrected chi connectivity index (χ1v) is 7.60. The summed E-state index contributed by atoms with van der Waals surface area (Å²) in [6.07, 6.45) is 4.02. The number of thiazole rings is 1. The van der Waals surface area contributed by atoms with E-state index in [9.17, 15) is 10.1 Å². The minimum absolute atomic E-state index is 0.0298. The molecule has 0 saturated heterocycles. The summed E-state index contributed by atoms with van der Waals surface area (Å²) in [6.45, 7) is 4.07. The van der Waals surface area contributed by atoms with Gasteiger partial charge >= 0.3 is 5.82 Å². The maximum absolute atomic E-state index is 10.9. The van der Waals surface area contributed by atoms with E-state index in [0.717, 1.165) is 11.4 Å². The van der Waals surface area contributed by atoms with Crippen molar-refractivity contribution in [2.24, 2.45) is 0 Å². The summed E-state index contributed by atoms with van der Waals surface area (Å²) in [5.74, 6) is 0.378. The molecule has 0 fully saturated rings. The average Bonchev–Trinajstić information content (AvgIpc) is 3.13. The fourth-order valence-corrected chi connectivity index (χ4v) is 2.89. The van der Waals surface area contributed by atoms with Crippen LogP contribution in [-0.4, -0.2) is 24.5 Å². The van der Waals surface area contributed by atoms with E-state index in [1.54, 1.807) is 23.5 Å². The molecule has 3 rings (SSSR count). The maximum Gasteiger partial charge on any atom is 0.368 e. The van der Waals surface area contributed by atoms with E-state index < -0.39 is 4.92 Å². The zero-order chi connectivity index (χ0) is 15.7. The first-order chi connectivity index (χ1) is 10.6. The van der Waals surface area contributed by atoms with Gasteiger partial charge in [0, 0.05) is 17.1 Å². The summed E-state index contributed by atoms with van der Waals surface area (Å²) in [5.41, 5.74) is 0.437. The fourth-order valence-electron chi connectivity index (χ4n) is 2.03. The molecule has 0 amide bonds. The molecule has 1 unspecified atom stereocenters. The number of imidazole rings is 1. The second kappa shape index (κ2) is 5.68. The Kier molecular flexibility index (Phi) is 3.72. The van der Waals surface area contributed by atoms with Crippen LogP contribution in [0, 0.1) is 10.1 Å². The molecule has 3 aromatic heterocycles. The quantitative estimate of drug-likeness (QED) is 0.574. The Bertz CT molecular complexity index is 827. The smallest absolute Gasteiger partial charge is 0.358 e. The molecule has 0 saturated carbocycles. The Morgan fingerprint density at radius 3 is 2.91 bits per heavy atom. The molecule has 114 valence electrons. The molecule has 0 aliphatic carbocycles. The molecule has 0 aliphatic rings. The number of hydrogen-bond donors (Lipinski definition) is 1. The van der Waals surface area contributed by atoms with Gasteiger partial charge in [-0.1, -0.05) is 16.5 Å². The predicted octanol–water partition coefficient (Wildman–Crippen LogP) is 2.83. The fraction of sp³-hybridized carbons (Fsp3) is 0.308. The highest BCUT2D eigenvalue weighted by Crippen LogP contribution is 2.24. The van der Waals surface area contributed by atoms with Crippen molar-refractivity contribution in [2.45, 2.75) is 26.3 Å². The molecule has 1 atom stereocenters. The number of aryl methyl sites for hydroxylation is 1. The van der Waals surface area contributed by atoms with Gasteiger partial charge in [0.2, 0.25) is 5.65 Å². The number of nitrogens with zero attached hydrogens (tertiary/aromatic N) is 5. The lowest BCUT2D eigenvalue weighted by molar-refractivity contribution is -0.391. The number of fused-ring (bicyclic) bond motifs is 1. The summed E-state index contributed by atoms with van der Waals surface area (Å²) in [4.78, 5) is 20.0. The van der Waals surface area contributed by atoms with Crippen LogP contribution in [0.4, 0.5) is 11.6 Å². The van der Waals surface area contributed by atoms with Crippen molar-refractivity contribution in [3.05, 3.63) is 44.5 Å². The topological polar surface area (TPSA) is 98.2 Å². The van der Waals surface area contributed by atoms with Gasteiger partial charge in [-0.05, 0) is 24.3 Å². The van der Waals surface area contributed by atoms with Crippen LogP contribution in [0.3, 0.4) is 0 Å². The molecule has 0 aliphatic heterocycles. The van der Waals surface area contributed by atoms with Gasteiger partial charge in [0.1, 0.15) is 11.2 Å². The molecule has 22 heavy (non-hydrogen) atoms. The van der Waals surface area contributed by atoms with Gasteiger partial charge in [0.05, 0.1) is 6.04 Å². The number of aromatic nitrogens is 4. The zero-order valence-electron chi connectivity index (χ0n) is 12.1. The number of rotatable bonds is 5. The van der Waals surface area contributed by atoms with E-state index in [2.05, 4.69) is 27.3 Å².